The number of rotatable bonds is 7. The highest BCUT2D eigenvalue weighted by atomic mass is 16.5. The molecule has 16 heavy (non-hydrogen) atoms. The summed E-state index contributed by atoms with van der Waals surface area (Å²) >= 11 is 0. The number of carbonyl (C=O) groups excluding carboxylic acids is 2. The monoisotopic (exact) mass is 231 g/mol. The van der Waals surface area contributed by atoms with Gasteiger partial charge >= 0.3 is 11.9 Å². The summed E-state index contributed by atoms with van der Waals surface area (Å²) in [6, 6.07) is -1.03. The molecule has 1 atom stereocenters. The van der Waals surface area contributed by atoms with Crippen molar-refractivity contribution in [3.8, 4) is 0 Å². The quantitative estimate of drug-likeness (QED) is 0.615. The van der Waals surface area contributed by atoms with Crippen LogP contribution in [-0.2, 0) is 19.1 Å². The van der Waals surface area contributed by atoms with Crippen LogP contribution in [-0.4, -0.2) is 35.6 Å². The molecule has 0 aromatic heterocycles. The van der Waals surface area contributed by atoms with Gasteiger partial charge in [-0.2, -0.15) is 0 Å². The summed E-state index contributed by atoms with van der Waals surface area (Å²) in [6.07, 6.45) is 0.234. The molecule has 0 rings (SSSR count). The molecular weight excluding hydrogens is 214 g/mol. The van der Waals surface area contributed by atoms with E-state index < -0.39 is 18.0 Å². The van der Waals surface area contributed by atoms with Gasteiger partial charge in [-0.05, 0) is 13.3 Å². The predicted molar refractivity (Wildman–Crippen MR) is 55.7 cm³/mol. The predicted octanol–water partition coefficient (Wildman–Crippen LogP) is 0.309. The fourth-order valence-corrected chi connectivity index (χ4v) is 1.05. The maximum Gasteiger partial charge on any atom is 0.326 e. The van der Waals surface area contributed by atoms with Crippen LogP contribution in [0.1, 0.15) is 33.1 Å². The lowest BCUT2D eigenvalue weighted by Gasteiger charge is -2.13. The summed E-state index contributed by atoms with van der Waals surface area (Å²) in [4.78, 5) is 32.8. The molecule has 0 fully saturated rings. The molecule has 0 aromatic rings. The van der Waals surface area contributed by atoms with Gasteiger partial charge in [-0.25, -0.2) is 4.79 Å². The highest BCUT2D eigenvalue weighted by molar-refractivity contribution is 5.83. The lowest BCUT2D eigenvalue weighted by Crippen LogP contribution is -2.40. The van der Waals surface area contributed by atoms with Crippen LogP contribution in [0.3, 0.4) is 0 Å². The molecule has 0 aliphatic carbocycles. The SMILES string of the molecule is CCOC(=O)CC[C@H](NC(=O)CC)C(=O)O. The Morgan fingerprint density at radius 1 is 1.31 bits per heavy atom. The Bertz CT molecular complexity index is 264. The maximum absolute atomic E-state index is 11.0. The van der Waals surface area contributed by atoms with Crippen molar-refractivity contribution in [3.05, 3.63) is 0 Å². The number of carbonyl (C=O) groups is 3. The number of aliphatic carboxylic acids is 1. The number of hydrogen-bond donors (Lipinski definition) is 2. The standard InChI is InChI=1S/C10H17NO5/c1-3-8(12)11-7(10(14)15)5-6-9(13)16-4-2/h7H,3-6H2,1-2H3,(H,11,12)(H,14,15)/t7-/m0/s1. The molecule has 0 aliphatic rings. The third kappa shape index (κ3) is 6.00. The first-order valence-corrected chi connectivity index (χ1v) is 5.19. The minimum Gasteiger partial charge on any atom is -0.480 e. The van der Waals surface area contributed by atoms with E-state index in [0.717, 1.165) is 0 Å². The molecule has 2 N–H and O–H groups in total. The first kappa shape index (κ1) is 14.4. The molecule has 0 radical (unpaired) electrons. The van der Waals surface area contributed by atoms with Gasteiger partial charge < -0.3 is 15.2 Å². The summed E-state index contributed by atoms with van der Waals surface area (Å²) in [5.74, 6) is -1.96. The van der Waals surface area contributed by atoms with Gasteiger partial charge in [0.1, 0.15) is 6.04 Å². The minimum absolute atomic E-state index is 0.0190. The summed E-state index contributed by atoms with van der Waals surface area (Å²) in [5.41, 5.74) is 0. The van der Waals surface area contributed by atoms with Crippen molar-refractivity contribution >= 4 is 17.8 Å². The first-order valence-electron chi connectivity index (χ1n) is 5.19. The average molecular weight is 231 g/mol. The van der Waals surface area contributed by atoms with E-state index in [-0.39, 0.29) is 31.8 Å². The first-order chi connectivity index (χ1) is 7.51. The molecule has 1 amide bonds. The van der Waals surface area contributed by atoms with Gasteiger partial charge in [0.2, 0.25) is 5.91 Å². The second-order valence-corrected chi connectivity index (χ2v) is 3.16. The van der Waals surface area contributed by atoms with Crippen molar-refractivity contribution in [1.29, 1.82) is 0 Å². The topological polar surface area (TPSA) is 92.7 Å². The Kier molecular flexibility index (Phi) is 6.91. The molecular formula is C10H17NO5. The van der Waals surface area contributed by atoms with Crippen LogP contribution in [0.15, 0.2) is 0 Å². The van der Waals surface area contributed by atoms with Crippen LogP contribution in [0.2, 0.25) is 0 Å². The largest absolute Gasteiger partial charge is 0.480 e. The number of carboxylic acids is 1. The number of hydrogen-bond acceptors (Lipinski definition) is 4. The van der Waals surface area contributed by atoms with Gasteiger partial charge in [0, 0.05) is 12.8 Å². The molecule has 92 valence electrons. The second kappa shape index (κ2) is 7.67. The molecule has 0 unspecified atom stereocenters. The highest BCUT2D eigenvalue weighted by Gasteiger charge is 2.20. The van der Waals surface area contributed by atoms with E-state index in [4.69, 9.17) is 5.11 Å². The van der Waals surface area contributed by atoms with E-state index in [1.165, 1.54) is 0 Å². The Hall–Kier alpha value is -1.59. The number of amides is 1. The smallest absolute Gasteiger partial charge is 0.326 e. The van der Waals surface area contributed by atoms with Crippen LogP contribution in [0.5, 0.6) is 0 Å². The van der Waals surface area contributed by atoms with Crippen molar-refractivity contribution < 1.29 is 24.2 Å². The summed E-state index contributed by atoms with van der Waals surface area (Å²) in [6.45, 7) is 3.56. The third-order valence-corrected chi connectivity index (χ3v) is 1.90. The van der Waals surface area contributed by atoms with Crippen LogP contribution in [0, 0.1) is 0 Å². The van der Waals surface area contributed by atoms with E-state index in [1.54, 1.807) is 13.8 Å². The van der Waals surface area contributed by atoms with E-state index in [2.05, 4.69) is 10.1 Å². The van der Waals surface area contributed by atoms with Gasteiger partial charge in [-0.15, -0.1) is 0 Å². The van der Waals surface area contributed by atoms with Crippen molar-refractivity contribution in [2.24, 2.45) is 0 Å². The zero-order valence-corrected chi connectivity index (χ0v) is 9.49. The summed E-state index contributed by atoms with van der Waals surface area (Å²) in [7, 11) is 0. The Morgan fingerprint density at radius 3 is 2.38 bits per heavy atom. The molecule has 0 saturated carbocycles. The number of carboxylic acid groups (broad SMARTS) is 1. The molecule has 0 aromatic carbocycles. The molecule has 0 bridgehead atoms. The fourth-order valence-electron chi connectivity index (χ4n) is 1.05. The van der Waals surface area contributed by atoms with E-state index in [0.29, 0.717) is 0 Å². The van der Waals surface area contributed by atoms with Crippen LogP contribution >= 0.6 is 0 Å². The molecule has 6 nitrogen and oxygen atoms in total. The maximum atomic E-state index is 11.0. The van der Waals surface area contributed by atoms with E-state index >= 15 is 0 Å². The second-order valence-electron chi connectivity index (χ2n) is 3.16. The van der Waals surface area contributed by atoms with Crippen LogP contribution < -0.4 is 5.32 Å². The zero-order chi connectivity index (χ0) is 12.6. The summed E-state index contributed by atoms with van der Waals surface area (Å²) in [5, 5.41) is 11.1. The average Bonchev–Trinajstić information content (AvgIpc) is 2.23. The van der Waals surface area contributed by atoms with E-state index in [1.807, 2.05) is 0 Å². The molecule has 0 spiro atoms. The van der Waals surface area contributed by atoms with Crippen molar-refractivity contribution in [1.82, 2.24) is 5.32 Å². The van der Waals surface area contributed by atoms with E-state index in [9.17, 15) is 14.4 Å². The minimum atomic E-state index is -1.15. The van der Waals surface area contributed by atoms with Crippen molar-refractivity contribution in [3.63, 3.8) is 0 Å². The van der Waals surface area contributed by atoms with Gasteiger partial charge in [0.25, 0.3) is 0 Å². The fraction of sp³-hybridized carbons (Fsp3) is 0.700. The van der Waals surface area contributed by atoms with Crippen molar-refractivity contribution in [2.45, 2.75) is 39.2 Å². The van der Waals surface area contributed by atoms with Crippen molar-refractivity contribution in [2.75, 3.05) is 6.61 Å². The zero-order valence-electron chi connectivity index (χ0n) is 9.49. The number of esters is 1. The molecule has 6 heteroatoms. The van der Waals surface area contributed by atoms with Gasteiger partial charge in [-0.1, -0.05) is 6.92 Å². The van der Waals surface area contributed by atoms with Crippen LogP contribution in [0.25, 0.3) is 0 Å². The number of ether oxygens (including phenoxy) is 1. The van der Waals surface area contributed by atoms with Gasteiger partial charge in [-0.3, -0.25) is 9.59 Å². The normalized spacial score (nSPS) is 11.6. The lowest BCUT2D eigenvalue weighted by atomic mass is 10.1. The Labute approximate surface area is 94.0 Å². The lowest BCUT2D eigenvalue weighted by molar-refractivity contribution is -0.145. The van der Waals surface area contributed by atoms with Gasteiger partial charge in [0.15, 0.2) is 0 Å². The van der Waals surface area contributed by atoms with Gasteiger partial charge in [0.05, 0.1) is 6.61 Å². The van der Waals surface area contributed by atoms with Crippen LogP contribution in [0.4, 0.5) is 0 Å². The number of nitrogens with one attached hydrogen (secondary N) is 1. The third-order valence-electron chi connectivity index (χ3n) is 1.90. The Morgan fingerprint density at radius 2 is 1.94 bits per heavy atom. The molecule has 0 saturated heterocycles. The highest BCUT2D eigenvalue weighted by Crippen LogP contribution is 2.00. The Balaban J connectivity index is 4.09. The molecule has 0 heterocycles. The molecule has 0 aliphatic heterocycles. The summed E-state index contributed by atoms with van der Waals surface area (Å²) < 4.78 is 4.66.